The molecule has 23 heavy (non-hydrogen) atoms. The third-order valence-electron chi connectivity index (χ3n) is 4.82. The van der Waals surface area contributed by atoms with Crippen LogP contribution in [0.25, 0.3) is 0 Å². The molecule has 0 unspecified atom stereocenters. The van der Waals surface area contributed by atoms with Gasteiger partial charge >= 0.3 is 0 Å². The Balaban J connectivity index is 1.96. The molecule has 0 aromatic carbocycles. The standard InChI is InChI=1S/C18H25N3OS/c1-11-6-5-7-16(14(11)4)21-17(22)10-23-18-15(9-19)12(2)8-13(3)20-18/h8,11,14,16H,5-7,10H2,1-4H3,(H,21,22)/t11-,14+,16-/m0/s1. The van der Waals surface area contributed by atoms with Crippen molar-refractivity contribution in [2.75, 3.05) is 5.75 Å². The van der Waals surface area contributed by atoms with Gasteiger partial charge in [0, 0.05) is 11.7 Å². The third-order valence-corrected chi connectivity index (χ3v) is 5.79. The highest BCUT2D eigenvalue weighted by molar-refractivity contribution is 8.00. The first kappa shape index (κ1) is 17.8. The summed E-state index contributed by atoms with van der Waals surface area (Å²) >= 11 is 1.35. The zero-order valence-electron chi connectivity index (χ0n) is 14.3. The minimum Gasteiger partial charge on any atom is -0.352 e. The SMILES string of the molecule is Cc1cc(C)c(C#N)c(SCC(=O)N[C@H]2CCC[C@H](C)[C@H]2C)n1. The van der Waals surface area contributed by atoms with Gasteiger partial charge in [-0.2, -0.15) is 5.26 Å². The van der Waals surface area contributed by atoms with Crippen LogP contribution in [-0.4, -0.2) is 22.7 Å². The number of carbonyl (C=O) groups excluding carboxylic acids is 1. The Kier molecular flexibility index (Phi) is 6.06. The summed E-state index contributed by atoms with van der Waals surface area (Å²) in [6, 6.07) is 4.36. The molecule has 1 aromatic heterocycles. The van der Waals surface area contributed by atoms with Crippen LogP contribution >= 0.6 is 11.8 Å². The number of hydrogen-bond donors (Lipinski definition) is 1. The van der Waals surface area contributed by atoms with Gasteiger partial charge in [-0.1, -0.05) is 38.5 Å². The molecule has 0 bridgehead atoms. The number of amides is 1. The molecule has 0 aliphatic heterocycles. The van der Waals surface area contributed by atoms with E-state index in [-0.39, 0.29) is 11.9 Å². The van der Waals surface area contributed by atoms with Gasteiger partial charge in [0.25, 0.3) is 0 Å². The Bertz CT molecular complexity index is 623. The Hall–Kier alpha value is -1.54. The van der Waals surface area contributed by atoms with Gasteiger partial charge in [0.15, 0.2) is 0 Å². The number of pyridine rings is 1. The molecule has 1 saturated carbocycles. The second-order valence-corrected chi connectivity index (χ2v) is 7.57. The number of nitriles is 1. The van der Waals surface area contributed by atoms with E-state index >= 15 is 0 Å². The summed E-state index contributed by atoms with van der Waals surface area (Å²) in [5, 5.41) is 13.1. The molecular weight excluding hydrogens is 306 g/mol. The van der Waals surface area contributed by atoms with Crippen LogP contribution in [0.15, 0.2) is 11.1 Å². The topological polar surface area (TPSA) is 65.8 Å². The Morgan fingerprint density at radius 1 is 1.43 bits per heavy atom. The van der Waals surface area contributed by atoms with Crippen molar-refractivity contribution in [2.24, 2.45) is 11.8 Å². The molecule has 0 saturated heterocycles. The Morgan fingerprint density at radius 2 is 2.17 bits per heavy atom. The van der Waals surface area contributed by atoms with Crippen molar-refractivity contribution in [3.8, 4) is 6.07 Å². The van der Waals surface area contributed by atoms with Crippen LogP contribution < -0.4 is 5.32 Å². The zero-order valence-corrected chi connectivity index (χ0v) is 15.2. The number of rotatable bonds is 4. The lowest BCUT2D eigenvalue weighted by Gasteiger charge is -2.34. The fraction of sp³-hybridized carbons (Fsp3) is 0.611. The second-order valence-electron chi connectivity index (χ2n) is 6.60. The summed E-state index contributed by atoms with van der Waals surface area (Å²) in [7, 11) is 0. The van der Waals surface area contributed by atoms with E-state index in [9.17, 15) is 10.1 Å². The summed E-state index contributed by atoms with van der Waals surface area (Å²) < 4.78 is 0. The Morgan fingerprint density at radius 3 is 2.87 bits per heavy atom. The quantitative estimate of drug-likeness (QED) is 0.856. The van der Waals surface area contributed by atoms with E-state index < -0.39 is 0 Å². The number of carbonyl (C=O) groups is 1. The van der Waals surface area contributed by atoms with Crippen molar-refractivity contribution in [1.29, 1.82) is 5.26 Å². The van der Waals surface area contributed by atoms with Gasteiger partial charge in [0.1, 0.15) is 11.1 Å². The maximum absolute atomic E-state index is 12.3. The summed E-state index contributed by atoms with van der Waals surface area (Å²) in [6.07, 6.45) is 3.49. The predicted molar refractivity (Wildman–Crippen MR) is 93.3 cm³/mol. The van der Waals surface area contributed by atoms with Gasteiger partial charge in [-0.25, -0.2) is 4.98 Å². The van der Waals surface area contributed by atoms with Crippen molar-refractivity contribution in [3.63, 3.8) is 0 Å². The summed E-state index contributed by atoms with van der Waals surface area (Å²) in [4.78, 5) is 16.7. The first-order valence-electron chi connectivity index (χ1n) is 8.23. The molecule has 124 valence electrons. The zero-order chi connectivity index (χ0) is 17.0. The van der Waals surface area contributed by atoms with Crippen molar-refractivity contribution in [1.82, 2.24) is 10.3 Å². The minimum absolute atomic E-state index is 0.0331. The molecule has 0 radical (unpaired) electrons. The number of nitrogens with zero attached hydrogens (tertiary/aromatic N) is 2. The van der Waals surface area contributed by atoms with E-state index in [0.717, 1.165) is 17.7 Å². The van der Waals surface area contributed by atoms with E-state index in [1.807, 2.05) is 19.9 Å². The first-order chi connectivity index (χ1) is 10.9. The van der Waals surface area contributed by atoms with Crippen molar-refractivity contribution >= 4 is 17.7 Å². The lowest BCUT2D eigenvalue weighted by atomic mass is 9.78. The van der Waals surface area contributed by atoms with Crippen molar-refractivity contribution in [3.05, 3.63) is 22.9 Å². The van der Waals surface area contributed by atoms with E-state index in [1.165, 1.54) is 24.6 Å². The van der Waals surface area contributed by atoms with Crippen LogP contribution in [0.4, 0.5) is 0 Å². The van der Waals surface area contributed by atoms with Gasteiger partial charge in [-0.15, -0.1) is 0 Å². The molecule has 5 heteroatoms. The second kappa shape index (κ2) is 7.83. The molecule has 1 fully saturated rings. The highest BCUT2D eigenvalue weighted by Crippen LogP contribution is 2.30. The molecule has 2 rings (SSSR count). The Labute approximate surface area is 143 Å². The molecular formula is C18H25N3OS. The summed E-state index contributed by atoms with van der Waals surface area (Å²) in [5.74, 6) is 1.52. The highest BCUT2D eigenvalue weighted by atomic mass is 32.2. The number of aryl methyl sites for hydroxylation is 2. The van der Waals surface area contributed by atoms with E-state index in [1.54, 1.807) is 0 Å². The molecule has 1 heterocycles. The average Bonchev–Trinajstić information content (AvgIpc) is 2.49. The maximum atomic E-state index is 12.3. The van der Waals surface area contributed by atoms with E-state index in [4.69, 9.17) is 0 Å². The highest BCUT2D eigenvalue weighted by Gasteiger charge is 2.28. The van der Waals surface area contributed by atoms with E-state index in [0.29, 0.717) is 28.2 Å². The molecule has 0 spiro atoms. The first-order valence-corrected chi connectivity index (χ1v) is 9.21. The van der Waals surface area contributed by atoms with Crippen LogP contribution in [0.2, 0.25) is 0 Å². The number of aromatic nitrogens is 1. The van der Waals surface area contributed by atoms with Gasteiger partial charge in [0.2, 0.25) is 5.91 Å². The summed E-state index contributed by atoms with van der Waals surface area (Å²) in [6.45, 7) is 8.30. The van der Waals surface area contributed by atoms with Crippen LogP contribution in [0.5, 0.6) is 0 Å². The lowest BCUT2D eigenvalue weighted by Crippen LogP contribution is -2.44. The van der Waals surface area contributed by atoms with Crippen LogP contribution in [0, 0.1) is 37.0 Å². The van der Waals surface area contributed by atoms with Crippen LogP contribution in [0.1, 0.15) is 49.9 Å². The van der Waals surface area contributed by atoms with Gasteiger partial charge < -0.3 is 5.32 Å². The van der Waals surface area contributed by atoms with Gasteiger partial charge in [-0.05, 0) is 43.7 Å². The molecule has 1 aliphatic carbocycles. The lowest BCUT2D eigenvalue weighted by molar-refractivity contribution is -0.119. The third kappa shape index (κ3) is 4.48. The monoisotopic (exact) mass is 331 g/mol. The van der Waals surface area contributed by atoms with Crippen molar-refractivity contribution < 1.29 is 4.79 Å². The number of thioether (sulfide) groups is 1. The predicted octanol–water partition coefficient (Wildman–Crippen LogP) is 3.60. The molecule has 1 aromatic rings. The molecule has 1 amide bonds. The van der Waals surface area contributed by atoms with Gasteiger partial charge in [-0.3, -0.25) is 4.79 Å². The van der Waals surface area contributed by atoms with E-state index in [2.05, 4.69) is 30.2 Å². The largest absolute Gasteiger partial charge is 0.352 e. The molecule has 1 aliphatic rings. The fourth-order valence-corrected chi connectivity index (χ4v) is 4.12. The van der Waals surface area contributed by atoms with Gasteiger partial charge in [0.05, 0.1) is 11.3 Å². The smallest absolute Gasteiger partial charge is 0.230 e. The maximum Gasteiger partial charge on any atom is 0.230 e. The molecule has 1 N–H and O–H groups in total. The van der Waals surface area contributed by atoms with Crippen LogP contribution in [0.3, 0.4) is 0 Å². The van der Waals surface area contributed by atoms with Crippen LogP contribution in [-0.2, 0) is 4.79 Å². The number of hydrogen-bond acceptors (Lipinski definition) is 4. The normalized spacial score (nSPS) is 24.0. The summed E-state index contributed by atoms with van der Waals surface area (Å²) in [5.41, 5.74) is 2.37. The molecule has 4 nitrogen and oxygen atoms in total. The van der Waals surface area contributed by atoms with Crippen molar-refractivity contribution in [2.45, 2.75) is 58.0 Å². The molecule has 3 atom stereocenters. The number of nitrogens with one attached hydrogen (secondary N) is 1. The fourth-order valence-electron chi connectivity index (χ4n) is 3.21. The average molecular weight is 331 g/mol. The minimum atomic E-state index is 0.0331.